The first-order valence-electron chi connectivity index (χ1n) is 6.77. The van der Waals surface area contributed by atoms with Crippen LogP contribution in [-0.4, -0.2) is 41.0 Å². The van der Waals surface area contributed by atoms with Gasteiger partial charge in [0.2, 0.25) is 5.91 Å². The minimum absolute atomic E-state index is 0.124. The van der Waals surface area contributed by atoms with Crippen LogP contribution in [0.25, 0.3) is 0 Å². The minimum Gasteiger partial charge on any atom is -0.480 e. The lowest BCUT2D eigenvalue weighted by Gasteiger charge is -2.27. The van der Waals surface area contributed by atoms with Gasteiger partial charge in [-0.05, 0) is 37.1 Å². The van der Waals surface area contributed by atoms with E-state index in [9.17, 15) is 14.7 Å². The molecule has 116 valence electrons. The molecule has 5 nitrogen and oxygen atoms in total. The standard InChI is InChI=1S/C15H21ClN2O3/c1-10-8-14(16)5-4-13(10)9-18(11(2)15(20)21)7-6-17-12(3)19/h4-5,8,11H,6-7,9H2,1-3H3,(H,17,19)(H,20,21). The van der Waals surface area contributed by atoms with Crippen molar-refractivity contribution in [3.05, 3.63) is 34.3 Å². The Labute approximate surface area is 129 Å². The summed E-state index contributed by atoms with van der Waals surface area (Å²) < 4.78 is 0. The number of nitrogens with zero attached hydrogens (tertiary/aromatic N) is 1. The largest absolute Gasteiger partial charge is 0.480 e. The summed E-state index contributed by atoms with van der Waals surface area (Å²) in [7, 11) is 0. The number of benzene rings is 1. The molecule has 0 spiro atoms. The van der Waals surface area contributed by atoms with Gasteiger partial charge in [-0.25, -0.2) is 0 Å². The van der Waals surface area contributed by atoms with Crippen LogP contribution in [0, 0.1) is 6.92 Å². The van der Waals surface area contributed by atoms with E-state index >= 15 is 0 Å². The zero-order valence-electron chi connectivity index (χ0n) is 12.5. The SMILES string of the molecule is CC(=O)NCCN(Cc1ccc(Cl)cc1C)C(C)C(=O)O. The first kappa shape index (κ1) is 17.5. The molecule has 6 heteroatoms. The zero-order chi connectivity index (χ0) is 16.0. The van der Waals surface area contributed by atoms with Gasteiger partial charge in [0.1, 0.15) is 6.04 Å². The topological polar surface area (TPSA) is 69.6 Å². The number of halogens is 1. The normalized spacial score (nSPS) is 12.2. The summed E-state index contributed by atoms with van der Waals surface area (Å²) in [6.07, 6.45) is 0. The molecule has 0 aliphatic rings. The molecule has 21 heavy (non-hydrogen) atoms. The predicted octanol–water partition coefficient (Wildman–Crippen LogP) is 2.06. The first-order chi connectivity index (χ1) is 9.81. The van der Waals surface area contributed by atoms with Crippen molar-refractivity contribution >= 4 is 23.5 Å². The Morgan fingerprint density at radius 2 is 2.10 bits per heavy atom. The van der Waals surface area contributed by atoms with Gasteiger partial charge in [-0.15, -0.1) is 0 Å². The molecule has 1 rings (SSSR count). The summed E-state index contributed by atoms with van der Waals surface area (Å²) in [5, 5.41) is 12.5. The molecule has 0 saturated carbocycles. The molecule has 1 aromatic rings. The molecule has 1 aromatic carbocycles. The smallest absolute Gasteiger partial charge is 0.320 e. The fourth-order valence-corrected chi connectivity index (χ4v) is 2.22. The Kier molecular flexibility index (Phi) is 6.65. The number of aryl methyl sites for hydroxylation is 1. The van der Waals surface area contributed by atoms with Crippen molar-refractivity contribution in [2.24, 2.45) is 0 Å². The van der Waals surface area contributed by atoms with Gasteiger partial charge in [-0.2, -0.15) is 0 Å². The fraction of sp³-hybridized carbons (Fsp3) is 0.467. The number of carbonyl (C=O) groups excluding carboxylic acids is 1. The zero-order valence-corrected chi connectivity index (χ0v) is 13.3. The second-order valence-corrected chi connectivity index (χ2v) is 5.47. The van der Waals surface area contributed by atoms with Crippen molar-refractivity contribution in [1.29, 1.82) is 0 Å². The fourth-order valence-electron chi connectivity index (χ4n) is 2.00. The van der Waals surface area contributed by atoms with E-state index < -0.39 is 12.0 Å². The molecular formula is C15H21ClN2O3. The Hall–Kier alpha value is -1.59. The van der Waals surface area contributed by atoms with Crippen LogP contribution < -0.4 is 5.32 Å². The average Bonchev–Trinajstić information content (AvgIpc) is 2.38. The number of hydrogen-bond donors (Lipinski definition) is 2. The number of hydrogen-bond acceptors (Lipinski definition) is 3. The van der Waals surface area contributed by atoms with Crippen LogP contribution in [0.5, 0.6) is 0 Å². The van der Waals surface area contributed by atoms with Crippen molar-refractivity contribution < 1.29 is 14.7 Å². The molecule has 0 aliphatic carbocycles. The Morgan fingerprint density at radius 3 is 2.62 bits per heavy atom. The van der Waals surface area contributed by atoms with Crippen molar-refractivity contribution in [1.82, 2.24) is 10.2 Å². The van der Waals surface area contributed by atoms with Crippen LogP contribution in [-0.2, 0) is 16.1 Å². The number of carbonyl (C=O) groups is 2. The Morgan fingerprint density at radius 1 is 1.43 bits per heavy atom. The van der Waals surface area contributed by atoms with Crippen molar-refractivity contribution in [2.75, 3.05) is 13.1 Å². The third-order valence-electron chi connectivity index (χ3n) is 3.36. The van der Waals surface area contributed by atoms with Crippen molar-refractivity contribution in [3.8, 4) is 0 Å². The van der Waals surface area contributed by atoms with Gasteiger partial charge in [0.25, 0.3) is 0 Å². The van der Waals surface area contributed by atoms with E-state index in [4.69, 9.17) is 11.6 Å². The molecule has 0 aliphatic heterocycles. The molecule has 1 amide bonds. The maximum atomic E-state index is 11.2. The van der Waals surface area contributed by atoms with Gasteiger partial charge in [0.05, 0.1) is 0 Å². The van der Waals surface area contributed by atoms with Gasteiger partial charge in [-0.1, -0.05) is 17.7 Å². The highest BCUT2D eigenvalue weighted by molar-refractivity contribution is 6.30. The van der Waals surface area contributed by atoms with E-state index in [0.717, 1.165) is 11.1 Å². The van der Waals surface area contributed by atoms with Crippen LogP contribution in [0.15, 0.2) is 18.2 Å². The molecule has 0 heterocycles. The quantitative estimate of drug-likeness (QED) is 0.808. The lowest BCUT2D eigenvalue weighted by molar-refractivity contribution is -0.142. The predicted molar refractivity (Wildman–Crippen MR) is 82.4 cm³/mol. The number of carboxylic acids is 1. The van der Waals surface area contributed by atoms with E-state index in [1.54, 1.807) is 13.0 Å². The monoisotopic (exact) mass is 312 g/mol. The second-order valence-electron chi connectivity index (χ2n) is 5.04. The molecular weight excluding hydrogens is 292 g/mol. The highest BCUT2D eigenvalue weighted by Crippen LogP contribution is 2.17. The lowest BCUT2D eigenvalue weighted by atomic mass is 10.1. The van der Waals surface area contributed by atoms with Crippen LogP contribution in [0.2, 0.25) is 5.02 Å². The second kappa shape index (κ2) is 8.00. The maximum Gasteiger partial charge on any atom is 0.320 e. The van der Waals surface area contributed by atoms with Gasteiger partial charge >= 0.3 is 5.97 Å². The summed E-state index contributed by atoms with van der Waals surface area (Å²) in [6.45, 7) is 6.40. The van der Waals surface area contributed by atoms with Gasteiger partial charge in [0, 0.05) is 31.6 Å². The molecule has 1 unspecified atom stereocenters. The highest BCUT2D eigenvalue weighted by Gasteiger charge is 2.21. The average molecular weight is 313 g/mol. The summed E-state index contributed by atoms with van der Waals surface area (Å²) in [6, 6.07) is 4.92. The Bertz CT molecular complexity index is 520. The van der Waals surface area contributed by atoms with Gasteiger partial charge < -0.3 is 10.4 Å². The number of rotatable bonds is 7. The lowest BCUT2D eigenvalue weighted by Crippen LogP contribution is -2.42. The molecule has 1 atom stereocenters. The summed E-state index contributed by atoms with van der Waals surface area (Å²) in [4.78, 5) is 23.9. The summed E-state index contributed by atoms with van der Waals surface area (Å²) in [5.41, 5.74) is 2.04. The van der Waals surface area contributed by atoms with Gasteiger partial charge in [0.15, 0.2) is 0 Å². The molecule has 0 aromatic heterocycles. The Balaban J connectivity index is 2.80. The van der Waals surface area contributed by atoms with Crippen LogP contribution in [0.3, 0.4) is 0 Å². The third kappa shape index (κ3) is 5.73. The first-order valence-corrected chi connectivity index (χ1v) is 7.15. The van der Waals surface area contributed by atoms with Gasteiger partial charge in [-0.3, -0.25) is 14.5 Å². The van der Waals surface area contributed by atoms with E-state index in [1.165, 1.54) is 6.92 Å². The van der Waals surface area contributed by atoms with E-state index in [-0.39, 0.29) is 5.91 Å². The van der Waals surface area contributed by atoms with Crippen LogP contribution in [0.1, 0.15) is 25.0 Å². The van der Waals surface area contributed by atoms with E-state index in [1.807, 2.05) is 24.0 Å². The number of nitrogens with one attached hydrogen (secondary N) is 1. The van der Waals surface area contributed by atoms with Crippen molar-refractivity contribution in [2.45, 2.75) is 33.4 Å². The third-order valence-corrected chi connectivity index (χ3v) is 3.59. The summed E-state index contributed by atoms with van der Waals surface area (Å²) in [5.74, 6) is -1.01. The van der Waals surface area contributed by atoms with Crippen LogP contribution in [0.4, 0.5) is 0 Å². The molecule has 2 N–H and O–H groups in total. The summed E-state index contributed by atoms with van der Waals surface area (Å²) >= 11 is 5.93. The van der Waals surface area contributed by atoms with Crippen LogP contribution >= 0.6 is 11.6 Å². The molecule has 0 bridgehead atoms. The molecule has 0 saturated heterocycles. The highest BCUT2D eigenvalue weighted by atomic mass is 35.5. The number of aliphatic carboxylic acids is 1. The number of amides is 1. The number of carboxylic acid groups (broad SMARTS) is 1. The molecule has 0 fully saturated rings. The van der Waals surface area contributed by atoms with Crippen molar-refractivity contribution in [3.63, 3.8) is 0 Å². The minimum atomic E-state index is -0.885. The maximum absolute atomic E-state index is 11.2. The molecule has 0 radical (unpaired) electrons. The van der Waals surface area contributed by atoms with E-state index in [2.05, 4.69) is 5.32 Å². The van der Waals surface area contributed by atoms with E-state index in [0.29, 0.717) is 24.7 Å².